The number of nitrogens with zero attached hydrogens (tertiary/aromatic N) is 3. The molecule has 2 atom stereocenters. The minimum atomic E-state index is -0.289. The first-order valence-electron chi connectivity index (χ1n) is 11.1. The van der Waals surface area contributed by atoms with Crippen molar-refractivity contribution in [1.82, 2.24) is 14.8 Å². The van der Waals surface area contributed by atoms with Crippen LogP contribution in [0.15, 0.2) is 78.9 Å². The van der Waals surface area contributed by atoms with Crippen LogP contribution in [-0.4, -0.2) is 27.8 Å². The van der Waals surface area contributed by atoms with Crippen molar-refractivity contribution in [2.75, 3.05) is 17.7 Å². The van der Waals surface area contributed by atoms with Crippen molar-refractivity contribution < 1.29 is 13.9 Å². The van der Waals surface area contributed by atoms with Gasteiger partial charge in [0.15, 0.2) is 0 Å². The van der Waals surface area contributed by atoms with Gasteiger partial charge in [0.1, 0.15) is 11.6 Å². The number of aromatic nitrogens is 3. The fourth-order valence-corrected chi connectivity index (χ4v) is 4.19. The Hall–Kier alpha value is -4.20. The van der Waals surface area contributed by atoms with Gasteiger partial charge in [0, 0.05) is 0 Å². The predicted molar refractivity (Wildman–Crippen MR) is 127 cm³/mol. The highest BCUT2D eigenvalue weighted by molar-refractivity contribution is 5.90. The Kier molecular flexibility index (Phi) is 5.95. The maximum Gasteiger partial charge on any atom is 0.250 e. The van der Waals surface area contributed by atoms with E-state index in [0.717, 1.165) is 22.4 Å². The molecule has 1 aromatic heterocycles. The molecule has 0 fully saturated rings. The van der Waals surface area contributed by atoms with Crippen LogP contribution in [0.2, 0.25) is 0 Å². The van der Waals surface area contributed by atoms with Crippen LogP contribution in [0, 0.1) is 5.82 Å². The third kappa shape index (κ3) is 4.61. The van der Waals surface area contributed by atoms with Crippen molar-refractivity contribution in [1.29, 1.82) is 0 Å². The quantitative estimate of drug-likeness (QED) is 0.437. The summed E-state index contributed by atoms with van der Waals surface area (Å²) >= 11 is 0. The van der Waals surface area contributed by atoms with E-state index in [1.165, 1.54) is 12.1 Å². The second-order valence-electron chi connectivity index (χ2n) is 8.19. The first-order chi connectivity index (χ1) is 16.6. The molecule has 7 nitrogen and oxygen atoms in total. The first-order valence-corrected chi connectivity index (χ1v) is 11.1. The Bertz CT molecular complexity index is 1270. The SMILES string of the molecule is COc1ccc(CC(=O)Nc2nc3n(n2)[C@@H](c2ccc(F)cc2)C[C@H](c2ccccc2)N3)cc1. The Labute approximate surface area is 196 Å². The number of benzene rings is 3. The molecule has 1 aliphatic heterocycles. The molecule has 0 saturated heterocycles. The van der Waals surface area contributed by atoms with Gasteiger partial charge in [0.2, 0.25) is 11.9 Å². The molecule has 3 aromatic carbocycles. The van der Waals surface area contributed by atoms with E-state index in [4.69, 9.17) is 4.74 Å². The van der Waals surface area contributed by atoms with E-state index in [9.17, 15) is 9.18 Å². The van der Waals surface area contributed by atoms with Crippen LogP contribution < -0.4 is 15.4 Å². The Morgan fingerprint density at radius 1 is 1.06 bits per heavy atom. The number of hydrogen-bond donors (Lipinski definition) is 2. The summed E-state index contributed by atoms with van der Waals surface area (Å²) in [7, 11) is 1.60. The number of hydrogen-bond acceptors (Lipinski definition) is 5. The lowest BCUT2D eigenvalue weighted by Gasteiger charge is -2.31. The van der Waals surface area contributed by atoms with Gasteiger partial charge in [-0.1, -0.05) is 54.6 Å². The maximum absolute atomic E-state index is 13.6. The fraction of sp³-hybridized carbons (Fsp3) is 0.192. The molecule has 0 spiro atoms. The van der Waals surface area contributed by atoms with Gasteiger partial charge in [-0.15, -0.1) is 5.10 Å². The highest BCUT2D eigenvalue weighted by atomic mass is 19.1. The lowest BCUT2D eigenvalue weighted by molar-refractivity contribution is -0.115. The molecule has 2 N–H and O–H groups in total. The molecule has 0 saturated carbocycles. The number of methoxy groups -OCH3 is 1. The van der Waals surface area contributed by atoms with Gasteiger partial charge in [-0.2, -0.15) is 4.98 Å². The minimum absolute atomic E-state index is 0.00389. The molecular weight excluding hydrogens is 433 g/mol. The highest BCUT2D eigenvalue weighted by Crippen LogP contribution is 2.38. The number of amides is 1. The van der Waals surface area contributed by atoms with Crippen LogP contribution in [0.25, 0.3) is 0 Å². The molecule has 0 radical (unpaired) electrons. The van der Waals surface area contributed by atoms with E-state index in [-0.39, 0.29) is 36.2 Å². The molecule has 4 aromatic rings. The monoisotopic (exact) mass is 457 g/mol. The van der Waals surface area contributed by atoms with Crippen LogP contribution in [0.4, 0.5) is 16.3 Å². The topological polar surface area (TPSA) is 81.1 Å². The van der Waals surface area contributed by atoms with Crippen LogP contribution >= 0.6 is 0 Å². The number of rotatable bonds is 6. The minimum Gasteiger partial charge on any atom is -0.497 e. The summed E-state index contributed by atoms with van der Waals surface area (Å²) < 4.78 is 20.5. The van der Waals surface area contributed by atoms with E-state index in [1.54, 1.807) is 23.9 Å². The summed E-state index contributed by atoms with van der Waals surface area (Å²) in [6, 6.07) is 23.7. The lowest BCUT2D eigenvalue weighted by Crippen LogP contribution is -2.28. The summed E-state index contributed by atoms with van der Waals surface area (Å²) in [6.07, 6.45) is 0.889. The lowest BCUT2D eigenvalue weighted by atomic mass is 9.93. The van der Waals surface area contributed by atoms with Crippen molar-refractivity contribution in [3.63, 3.8) is 0 Å². The van der Waals surface area contributed by atoms with Gasteiger partial charge < -0.3 is 10.1 Å². The van der Waals surface area contributed by atoms with Crippen LogP contribution in [0.5, 0.6) is 5.75 Å². The van der Waals surface area contributed by atoms with Gasteiger partial charge >= 0.3 is 0 Å². The summed E-state index contributed by atoms with van der Waals surface area (Å²) in [5.74, 6) is 1.00. The fourth-order valence-electron chi connectivity index (χ4n) is 4.19. The second-order valence-corrected chi connectivity index (χ2v) is 8.19. The second kappa shape index (κ2) is 9.35. The molecular formula is C26H24FN5O2. The van der Waals surface area contributed by atoms with E-state index in [0.29, 0.717) is 12.4 Å². The third-order valence-corrected chi connectivity index (χ3v) is 5.92. The molecule has 0 aliphatic carbocycles. The largest absolute Gasteiger partial charge is 0.497 e. The van der Waals surface area contributed by atoms with Gasteiger partial charge in [-0.05, 0) is 47.4 Å². The van der Waals surface area contributed by atoms with Gasteiger partial charge in [-0.25, -0.2) is 9.07 Å². The number of nitrogens with one attached hydrogen (secondary N) is 2. The molecule has 34 heavy (non-hydrogen) atoms. The van der Waals surface area contributed by atoms with Crippen LogP contribution in [0.1, 0.15) is 35.2 Å². The van der Waals surface area contributed by atoms with E-state index in [2.05, 4.69) is 32.8 Å². The van der Waals surface area contributed by atoms with Crippen molar-refractivity contribution >= 4 is 17.8 Å². The number of carbonyl (C=O) groups is 1. The van der Waals surface area contributed by atoms with Crippen molar-refractivity contribution in [2.45, 2.75) is 24.9 Å². The summed E-state index contributed by atoms with van der Waals surface area (Å²) in [5.41, 5.74) is 2.90. The van der Waals surface area contributed by atoms with E-state index >= 15 is 0 Å². The van der Waals surface area contributed by atoms with Gasteiger partial charge in [-0.3, -0.25) is 10.1 Å². The summed E-state index contributed by atoms with van der Waals surface area (Å²) in [4.78, 5) is 17.2. The molecule has 172 valence electrons. The van der Waals surface area contributed by atoms with Gasteiger partial charge in [0.25, 0.3) is 5.95 Å². The molecule has 0 unspecified atom stereocenters. The summed E-state index contributed by atoms with van der Waals surface area (Å²) in [6.45, 7) is 0. The number of anilines is 2. The average Bonchev–Trinajstić information content (AvgIpc) is 3.27. The van der Waals surface area contributed by atoms with Crippen molar-refractivity contribution in [3.8, 4) is 5.75 Å². The maximum atomic E-state index is 13.6. The Morgan fingerprint density at radius 3 is 2.50 bits per heavy atom. The number of halogens is 1. The van der Waals surface area contributed by atoms with Crippen molar-refractivity contribution in [3.05, 3.63) is 101 Å². The smallest absolute Gasteiger partial charge is 0.250 e. The molecule has 8 heteroatoms. The van der Waals surface area contributed by atoms with Crippen LogP contribution in [0.3, 0.4) is 0 Å². The molecule has 1 amide bonds. The molecule has 1 aliphatic rings. The van der Waals surface area contributed by atoms with Gasteiger partial charge in [0.05, 0.1) is 25.6 Å². The van der Waals surface area contributed by atoms with Crippen molar-refractivity contribution in [2.24, 2.45) is 0 Å². The Balaban J connectivity index is 1.39. The zero-order valence-electron chi connectivity index (χ0n) is 18.6. The molecule has 5 rings (SSSR count). The standard InChI is InChI=1S/C26H24FN5O2/c1-34-21-13-7-17(8-14-21)15-24(33)29-25-30-26-28-22(18-5-3-2-4-6-18)16-23(32(26)31-25)19-9-11-20(27)12-10-19/h2-14,22-23H,15-16H2,1H3,(H2,28,29,30,31,33)/t22-,23-/m1/s1. The molecule has 2 heterocycles. The number of carbonyl (C=O) groups excluding carboxylic acids is 1. The number of ether oxygens (including phenoxy) is 1. The third-order valence-electron chi connectivity index (χ3n) is 5.92. The zero-order chi connectivity index (χ0) is 23.5. The van der Waals surface area contributed by atoms with Crippen LogP contribution in [-0.2, 0) is 11.2 Å². The van der Waals surface area contributed by atoms with E-state index < -0.39 is 0 Å². The normalized spacial score (nSPS) is 16.9. The first kappa shape index (κ1) is 21.6. The number of fused-ring (bicyclic) bond motifs is 1. The molecule has 0 bridgehead atoms. The predicted octanol–water partition coefficient (Wildman–Crippen LogP) is 4.75. The average molecular weight is 458 g/mol. The summed E-state index contributed by atoms with van der Waals surface area (Å²) in [5, 5.41) is 10.8. The zero-order valence-corrected chi connectivity index (χ0v) is 18.6. The van der Waals surface area contributed by atoms with E-state index in [1.807, 2.05) is 42.5 Å². The highest BCUT2D eigenvalue weighted by Gasteiger charge is 2.31. The Morgan fingerprint density at radius 2 is 1.79 bits per heavy atom.